The number of hydrogen-bond donors (Lipinski definition) is 1. The number of hydrogen-bond acceptors (Lipinski definition) is 2. The Labute approximate surface area is 86.8 Å². The molecule has 0 aromatic carbocycles. The fraction of sp³-hybridized carbons (Fsp3) is 0.750. The van der Waals surface area contributed by atoms with Crippen molar-refractivity contribution in [3.63, 3.8) is 0 Å². The Morgan fingerprint density at radius 1 is 1.36 bits per heavy atom. The number of carbonyl (C=O) groups excluding carboxylic acids is 1. The third-order valence-corrected chi connectivity index (χ3v) is 2.75. The van der Waals surface area contributed by atoms with Crippen LogP contribution >= 0.6 is 0 Å². The lowest BCUT2D eigenvalue weighted by molar-refractivity contribution is -0.121. The molecule has 0 aromatic rings. The first-order chi connectivity index (χ1) is 6.70. The Morgan fingerprint density at radius 2 is 2.14 bits per heavy atom. The molecular weight excluding hydrogens is 174 g/mol. The molecule has 0 amide bonds. The van der Waals surface area contributed by atoms with Crippen LogP contribution in [0.5, 0.6) is 0 Å². The second-order valence-electron chi connectivity index (χ2n) is 4.28. The molecule has 0 aromatic heterocycles. The highest BCUT2D eigenvalue weighted by Crippen LogP contribution is 2.12. The molecule has 80 valence electrons. The van der Waals surface area contributed by atoms with Crippen LogP contribution in [0.25, 0.3) is 0 Å². The maximum Gasteiger partial charge on any atom is 0.150 e. The summed E-state index contributed by atoms with van der Waals surface area (Å²) in [4.78, 5) is 11.8. The lowest BCUT2D eigenvalue weighted by atomic mass is 10.0. The van der Waals surface area contributed by atoms with E-state index in [1.54, 1.807) is 0 Å². The van der Waals surface area contributed by atoms with Gasteiger partial charge in [-0.2, -0.15) is 0 Å². The van der Waals surface area contributed by atoms with Crippen LogP contribution in [-0.4, -0.2) is 18.4 Å². The Morgan fingerprint density at radius 3 is 2.86 bits per heavy atom. The highest BCUT2D eigenvalue weighted by Gasteiger charge is 2.18. The first-order valence-corrected chi connectivity index (χ1v) is 5.60. The van der Waals surface area contributed by atoms with Crippen molar-refractivity contribution in [1.82, 2.24) is 5.32 Å². The second kappa shape index (κ2) is 5.97. The average Bonchev–Trinajstić information content (AvgIpc) is 2.42. The van der Waals surface area contributed by atoms with Crippen molar-refractivity contribution in [2.24, 2.45) is 0 Å². The number of Topliss-reactive ketones (excluding diaryl/α,β-unsaturated/α-hetero) is 1. The van der Waals surface area contributed by atoms with E-state index in [1.165, 1.54) is 19.3 Å². The van der Waals surface area contributed by atoms with E-state index in [1.807, 2.05) is 6.92 Å². The largest absolute Gasteiger partial charge is 0.307 e. The molecule has 1 unspecified atom stereocenters. The van der Waals surface area contributed by atoms with Gasteiger partial charge in [-0.15, -0.1) is 6.58 Å². The molecule has 0 radical (unpaired) electrons. The van der Waals surface area contributed by atoms with Crippen LogP contribution in [0.2, 0.25) is 0 Å². The summed E-state index contributed by atoms with van der Waals surface area (Å²) in [7, 11) is 0. The van der Waals surface area contributed by atoms with E-state index in [-0.39, 0.29) is 6.04 Å². The Kier molecular flexibility index (Phi) is 4.88. The van der Waals surface area contributed by atoms with E-state index in [0.717, 1.165) is 25.0 Å². The number of ketones is 1. The smallest absolute Gasteiger partial charge is 0.150 e. The van der Waals surface area contributed by atoms with Gasteiger partial charge in [0.05, 0.1) is 6.04 Å². The van der Waals surface area contributed by atoms with E-state index < -0.39 is 0 Å². The molecule has 0 aliphatic carbocycles. The zero-order chi connectivity index (χ0) is 10.4. The van der Waals surface area contributed by atoms with Crippen LogP contribution in [-0.2, 0) is 4.79 Å². The summed E-state index contributed by atoms with van der Waals surface area (Å²) < 4.78 is 0. The van der Waals surface area contributed by atoms with Crippen molar-refractivity contribution >= 4 is 5.78 Å². The molecule has 1 rings (SSSR count). The molecule has 1 N–H and O–H groups in total. The lowest BCUT2D eigenvalue weighted by Gasteiger charge is -2.13. The predicted molar refractivity (Wildman–Crippen MR) is 59.3 cm³/mol. The van der Waals surface area contributed by atoms with Gasteiger partial charge in [0.15, 0.2) is 0 Å². The first kappa shape index (κ1) is 11.4. The summed E-state index contributed by atoms with van der Waals surface area (Å²) in [5.41, 5.74) is 1.10. The summed E-state index contributed by atoms with van der Waals surface area (Å²) in [6.07, 6.45) is 6.19. The normalized spacial score (nSPS) is 22.8. The van der Waals surface area contributed by atoms with Crippen molar-refractivity contribution in [1.29, 1.82) is 0 Å². The number of rotatable bonds is 4. The van der Waals surface area contributed by atoms with Gasteiger partial charge in [0.25, 0.3) is 0 Å². The van der Waals surface area contributed by atoms with Gasteiger partial charge in [0.1, 0.15) is 5.78 Å². The maximum absolute atomic E-state index is 11.8. The van der Waals surface area contributed by atoms with Crippen LogP contribution in [0.1, 0.15) is 45.4 Å². The predicted octanol–water partition coefficient (Wildman–Crippen LogP) is 2.44. The minimum atomic E-state index is 0.122. The van der Waals surface area contributed by atoms with Crippen LogP contribution in [0, 0.1) is 0 Å². The molecule has 0 bridgehead atoms. The summed E-state index contributed by atoms with van der Waals surface area (Å²) in [5, 5.41) is 3.33. The van der Waals surface area contributed by atoms with Gasteiger partial charge in [-0.25, -0.2) is 0 Å². The quantitative estimate of drug-likeness (QED) is 0.698. The van der Waals surface area contributed by atoms with Crippen molar-refractivity contribution in [2.45, 2.75) is 51.5 Å². The molecule has 0 saturated carbocycles. The Balaban J connectivity index is 2.30. The van der Waals surface area contributed by atoms with Gasteiger partial charge in [0, 0.05) is 6.42 Å². The number of carbonyl (C=O) groups is 1. The van der Waals surface area contributed by atoms with Gasteiger partial charge >= 0.3 is 0 Å². The van der Waals surface area contributed by atoms with Crippen molar-refractivity contribution in [3.05, 3.63) is 12.2 Å². The molecule has 1 fully saturated rings. The molecule has 1 aliphatic rings. The monoisotopic (exact) mass is 195 g/mol. The van der Waals surface area contributed by atoms with E-state index in [9.17, 15) is 4.79 Å². The fourth-order valence-electron chi connectivity index (χ4n) is 1.81. The third-order valence-electron chi connectivity index (χ3n) is 2.75. The standard InChI is InChI=1S/C12H21NO/c1-10(2)7-8-12(14)11-6-4-3-5-9-13-11/h11,13H,1,3-9H2,2H3. The van der Waals surface area contributed by atoms with E-state index in [2.05, 4.69) is 11.9 Å². The first-order valence-electron chi connectivity index (χ1n) is 5.60. The van der Waals surface area contributed by atoms with Crippen molar-refractivity contribution < 1.29 is 4.79 Å². The minimum absolute atomic E-state index is 0.122. The summed E-state index contributed by atoms with van der Waals surface area (Å²) >= 11 is 0. The van der Waals surface area contributed by atoms with Gasteiger partial charge < -0.3 is 5.32 Å². The SMILES string of the molecule is C=C(C)CCC(=O)C1CCCCCN1. The molecule has 1 aliphatic heterocycles. The third kappa shape index (κ3) is 4.05. The Hall–Kier alpha value is -0.630. The number of nitrogens with one attached hydrogen (secondary N) is 1. The molecule has 1 saturated heterocycles. The van der Waals surface area contributed by atoms with E-state index in [4.69, 9.17) is 0 Å². The molecule has 1 heterocycles. The van der Waals surface area contributed by atoms with Crippen LogP contribution in [0.3, 0.4) is 0 Å². The average molecular weight is 195 g/mol. The topological polar surface area (TPSA) is 29.1 Å². The molecule has 14 heavy (non-hydrogen) atoms. The Bertz CT molecular complexity index is 202. The molecule has 0 spiro atoms. The van der Waals surface area contributed by atoms with E-state index >= 15 is 0 Å². The van der Waals surface area contributed by atoms with Gasteiger partial charge in [-0.05, 0) is 32.7 Å². The second-order valence-corrected chi connectivity index (χ2v) is 4.28. The van der Waals surface area contributed by atoms with Crippen LogP contribution in [0.15, 0.2) is 12.2 Å². The van der Waals surface area contributed by atoms with Crippen LogP contribution < -0.4 is 5.32 Å². The van der Waals surface area contributed by atoms with Crippen molar-refractivity contribution in [3.8, 4) is 0 Å². The van der Waals surface area contributed by atoms with Gasteiger partial charge in [-0.3, -0.25) is 4.79 Å². The molecular formula is C12H21NO. The summed E-state index contributed by atoms with van der Waals surface area (Å²) in [6, 6.07) is 0.122. The molecule has 2 nitrogen and oxygen atoms in total. The highest BCUT2D eigenvalue weighted by atomic mass is 16.1. The van der Waals surface area contributed by atoms with Crippen LogP contribution in [0.4, 0.5) is 0 Å². The summed E-state index contributed by atoms with van der Waals surface area (Å²) in [5.74, 6) is 0.370. The van der Waals surface area contributed by atoms with Gasteiger partial charge in [-0.1, -0.05) is 18.4 Å². The number of allylic oxidation sites excluding steroid dienone is 1. The lowest BCUT2D eigenvalue weighted by Crippen LogP contribution is -2.35. The zero-order valence-electron chi connectivity index (χ0n) is 9.14. The highest BCUT2D eigenvalue weighted by molar-refractivity contribution is 5.84. The fourth-order valence-corrected chi connectivity index (χ4v) is 1.81. The van der Waals surface area contributed by atoms with Crippen molar-refractivity contribution in [2.75, 3.05) is 6.54 Å². The van der Waals surface area contributed by atoms with Gasteiger partial charge in [0.2, 0.25) is 0 Å². The summed E-state index contributed by atoms with van der Waals surface area (Å²) in [6.45, 7) is 6.80. The molecule has 2 heteroatoms. The minimum Gasteiger partial charge on any atom is -0.307 e. The zero-order valence-corrected chi connectivity index (χ0v) is 9.14. The van der Waals surface area contributed by atoms with E-state index in [0.29, 0.717) is 12.2 Å². The molecule has 1 atom stereocenters. The maximum atomic E-state index is 11.8.